The zero-order valence-electron chi connectivity index (χ0n) is 11.5. The second-order valence-corrected chi connectivity index (χ2v) is 4.25. The van der Waals surface area contributed by atoms with Gasteiger partial charge in [-0.05, 0) is 42.8 Å². The van der Waals surface area contributed by atoms with Crippen LogP contribution in [0.25, 0.3) is 0 Å². The summed E-state index contributed by atoms with van der Waals surface area (Å²) in [5, 5.41) is 0. The van der Waals surface area contributed by atoms with Crippen LogP contribution < -0.4 is 21.9 Å². The fraction of sp³-hybridized carbons (Fsp3) is 0.0714. The zero-order chi connectivity index (χ0) is 15.2. The highest BCUT2D eigenvalue weighted by atomic mass is 16.5. The summed E-state index contributed by atoms with van der Waals surface area (Å²) < 4.78 is 5.72. The molecule has 0 aliphatic heterocycles. The Morgan fingerprint density at radius 3 is 2.62 bits per heavy atom. The largest absolute Gasteiger partial charge is 0.455 e. The number of rotatable bonds is 3. The summed E-state index contributed by atoms with van der Waals surface area (Å²) >= 11 is 0. The second-order valence-electron chi connectivity index (χ2n) is 4.25. The summed E-state index contributed by atoms with van der Waals surface area (Å²) in [6.45, 7) is 1.90. The molecular formula is C14H16N6O. The average molecular weight is 284 g/mol. The third-order valence-electron chi connectivity index (χ3n) is 2.51. The lowest BCUT2D eigenvalue weighted by molar-refractivity contribution is 0.476. The SMILES string of the molecule is Cc1cc(N=C(N)N=C(N)N)ccc1Oc1cccnc1. The molecule has 0 atom stereocenters. The van der Waals surface area contributed by atoms with Crippen molar-refractivity contribution in [2.24, 2.45) is 27.2 Å². The molecule has 0 saturated carbocycles. The Kier molecular flexibility index (Phi) is 4.35. The molecule has 6 N–H and O–H groups in total. The molecule has 0 amide bonds. The minimum Gasteiger partial charge on any atom is -0.455 e. The fourth-order valence-electron chi connectivity index (χ4n) is 1.64. The molecule has 0 saturated heterocycles. The van der Waals surface area contributed by atoms with Crippen LogP contribution in [0, 0.1) is 6.92 Å². The highest BCUT2D eigenvalue weighted by Gasteiger charge is 2.03. The maximum atomic E-state index is 5.72. The number of aromatic nitrogens is 1. The Labute approximate surface area is 122 Å². The van der Waals surface area contributed by atoms with Crippen LogP contribution in [0.3, 0.4) is 0 Å². The lowest BCUT2D eigenvalue weighted by atomic mass is 10.2. The minimum atomic E-state index is -0.135. The van der Waals surface area contributed by atoms with Gasteiger partial charge in [-0.25, -0.2) is 4.99 Å². The highest BCUT2D eigenvalue weighted by Crippen LogP contribution is 2.27. The van der Waals surface area contributed by atoms with Gasteiger partial charge in [0.05, 0.1) is 11.9 Å². The Morgan fingerprint density at radius 1 is 1.19 bits per heavy atom. The van der Waals surface area contributed by atoms with Crippen LogP contribution in [0.15, 0.2) is 52.7 Å². The topological polar surface area (TPSA) is 125 Å². The van der Waals surface area contributed by atoms with Gasteiger partial charge in [-0.15, -0.1) is 0 Å². The smallest absolute Gasteiger partial charge is 0.223 e. The molecule has 1 heterocycles. The molecule has 0 radical (unpaired) electrons. The van der Waals surface area contributed by atoms with Gasteiger partial charge < -0.3 is 21.9 Å². The molecule has 0 fully saturated rings. The van der Waals surface area contributed by atoms with Crippen molar-refractivity contribution in [2.45, 2.75) is 6.92 Å². The van der Waals surface area contributed by atoms with E-state index in [0.717, 1.165) is 5.56 Å². The maximum absolute atomic E-state index is 5.72. The van der Waals surface area contributed by atoms with E-state index in [-0.39, 0.29) is 11.9 Å². The molecule has 108 valence electrons. The van der Waals surface area contributed by atoms with E-state index in [1.165, 1.54) is 0 Å². The van der Waals surface area contributed by atoms with Gasteiger partial charge in [0.15, 0.2) is 5.96 Å². The van der Waals surface area contributed by atoms with Gasteiger partial charge in [-0.3, -0.25) is 4.98 Å². The minimum absolute atomic E-state index is 0.00433. The Bertz CT molecular complexity index is 677. The van der Waals surface area contributed by atoms with Crippen molar-refractivity contribution in [3.05, 3.63) is 48.3 Å². The van der Waals surface area contributed by atoms with Crippen LogP contribution >= 0.6 is 0 Å². The third-order valence-corrected chi connectivity index (χ3v) is 2.51. The van der Waals surface area contributed by atoms with E-state index in [4.69, 9.17) is 21.9 Å². The van der Waals surface area contributed by atoms with Crippen LogP contribution in [0.2, 0.25) is 0 Å². The fourth-order valence-corrected chi connectivity index (χ4v) is 1.64. The molecule has 2 aromatic rings. The summed E-state index contributed by atoms with van der Waals surface area (Å²) in [7, 11) is 0. The van der Waals surface area contributed by atoms with Gasteiger partial charge in [-0.1, -0.05) is 0 Å². The van der Waals surface area contributed by atoms with Gasteiger partial charge in [0.2, 0.25) is 5.96 Å². The molecule has 1 aromatic heterocycles. The molecular weight excluding hydrogens is 268 g/mol. The van der Waals surface area contributed by atoms with Crippen molar-refractivity contribution in [3.63, 3.8) is 0 Å². The standard InChI is InChI=1S/C14H16N6O/c1-9-7-10(19-14(17)20-13(15)16)4-5-12(9)21-11-3-2-6-18-8-11/h2-8H,1H3,(H6,15,16,17,19,20). The van der Waals surface area contributed by atoms with Crippen LogP contribution in [0.4, 0.5) is 5.69 Å². The van der Waals surface area contributed by atoms with Gasteiger partial charge in [-0.2, -0.15) is 4.99 Å². The summed E-state index contributed by atoms with van der Waals surface area (Å²) in [6, 6.07) is 9.01. The van der Waals surface area contributed by atoms with Crippen molar-refractivity contribution < 1.29 is 4.74 Å². The molecule has 2 rings (SSSR count). The summed E-state index contributed by atoms with van der Waals surface area (Å²) in [6.07, 6.45) is 3.33. The molecule has 0 unspecified atom stereocenters. The Morgan fingerprint density at radius 2 is 2.00 bits per heavy atom. The number of benzene rings is 1. The number of ether oxygens (including phenoxy) is 1. The normalized spacial score (nSPS) is 11.0. The predicted octanol–water partition coefficient (Wildman–Crippen LogP) is 1.40. The van der Waals surface area contributed by atoms with Crippen molar-refractivity contribution in [3.8, 4) is 11.5 Å². The first-order valence-corrected chi connectivity index (χ1v) is 6.17. The number of hydrogen-bond donors (Lipinski definition) is 3. The maximum Gasteiger partial charge on any atom is 0.223 e. The summed E-state index contributed by atoms with van der Waals surface area (Å²) in [5.41, 5.74) is 17.6. The highest BCUT2D eigenvalue weighted by molar-refractivity contribution is 5.93. The van der Waals surface area contributed by atoms with E-state index in [2.05, 4.69) is 15.0 Å². The molecule has 0 aliphatic carbocycles. The lowest BCUT2D eigenvalue weighted by Crippen LogP contribution is -2.26. The summed E-state index contributed by atoms with van der Waals surface area (Å²) in [4.78, 5) is 11.7. The van der Waals surface area contributed by atoms with Crippen molar-refractivity contribution in [2.75, 3.05) is 0 Å². The number of aryl methyl sites for hydroxylation is 1. The van der Waals surface area contributed by atoms with Crippen molar-refractivity contribution in [1.82, 2.24) is 4.98 Å². The van der Waals surface area contributed by atoms with E-state index in [1.54, 1.807) is 30.6 Å². The molecule has 21 heavy (non-hydrogen) atoms. The van der Waals surface area contributed by atoms with Gasteiger partial charge >= 0.3 is 0 Å². The first kappa shape index (κ1) is 14.3. The molecule has 0 spiro atoms. The molecule has 1 aromatic carbocycles. The second kappa shape index (κ2) is 6.38. The first-order chi connectivity index (χ1) is 10.0. The van der Waals surface area contributed by atoms with E-state index in [0.29, 0.717) is 17.2 Å². The Hall–Kier alpha value is -3.09. The van der Waals surface area contributed by atoms with Crippen molar-refractivity contribution >= 4 is 17.6 Å². The van der Waals surface area contributed by atoms with Crippen LogP contribution in [-0.4, -0.2) is 16.9 Å². The predicted molar refractivity (Wildman–Crippen MR) is 82.6 cm³/mol. The Balaban J connectivity index is 2.20. The zero-order valence-corrected chi connectivity index (χ0v) is 11.5. The molecule has 7 heteroatoms. The quantitative estimate of drug-likeness (QED) is 0.580. The van der Waals surface area contributed by atoms with Gasteiger partial charge in [0.1, 0.15) is 11.5 Å². The number of hydrogen-bond acceptors (Lipinski definition) is 3. The summed E-state index contributed by atoms with van der Waals surface area (Å²) in [5.74, 6) is 1.24. The van der Waals surface area contributed by atoms with Gasteiger partial charge in [0.25, 0.3) is 0 Å². The number of nitrogens with two attached hydrogens (primary N) is 3. The van der Waals surface area contributed by atoms with Gasteiger partial charge in [0, 0.05) is 6.20 Å². The first-order valence-electron chi connectivity index (χ1n) is 6.17. The monoisotopic (exact) mass is 284 g/mol. The molecule has 0 aliphatic rings. The van der Waals surface area contributed by atoms with Crippen LogP contribution in [0.5, 0.6) is 11.5 Å². The number of aliphatic imine (C=N–C) groups is 2. The number of nitrogens with zero attached hydrogens (tertiary/aromatic N) is 3. The van der Waals surface area contributed by atoms with E-state index in [1.807, 2.05) is 19.1 Å². The van der Waals surface area contributed by atoms with E-state index >= 15 is 0 Å². The van der Waals surface area contributed by atoms with Crippen LogP contribution in [-0.2, 0) is 0 Å². The van der Waals surface area contributed by atoms with E-state index < -0.39 is 0 Å². The van der Waals surface area contributed by atoms with Crippen molar-refractivity contribution in [1.29, 1.82) is 0 Å². The van der Waals surface area contributed by atoms with Crippen LogP contribution in [0.1, 0.15) is 5.56 Å². The van der Waals surface area contributed by atoms with E-state index in [9.17, 15) is 0 Å². The number of pyridine rings is 1. The number of guanidine groups is 2. The molecule has 7 nitrogen and oxygen atoms in total. The molecule has 0 bridgehead atoms. The lowest BCUT2D eigenvalue weighted by Gasteiger charge is -2.08. The third kappa shape index (κ3) is 4.20. The average Bonchev–Trinajstić information content (AvgIpc) is 2.42.